The molecule has 0 spiro atoms. The fourth-order valence-electron chi connectivity index (χ4n) is 1.21. The number of hydrogen-bond donors (Lipinski definition) is 1. The SMILES string of the molecule is C=C(C)c1cc(N)cc(C=CC)c1. The summed E-state index contributed by atoms with van der Waals surface area (Å²) >= 11 is 0. The average molecular weight is 173 g/mol. The summed E-state index contributed by atoms with van der Waals surface area (Å²) in [5, 5.41) is 0. The van der Waals surface area contributed by atoms with E-state index in [1.807, 2.05) is 38.1 Å². The molecule has 0 aliphatic carbocycles. The van der Waals surface area contributed by atoms with Crippen LogP contribution in [0.3, 0.4) is 0 Å². The largest absolute Gasteiger partial charge is 0.399 e. The predicted octanol–water partition coefficient (Wildman–Crippen LogP) is 3.34. The van der Waals surface area contributed by atoms with E-state index in [0.717, 1.165) is 22.4 Å². The second-order valence-corrected chi connectivity index (χ2v) is 3.17. The molecular weight excluding hydrogens is 158 g/mol. The minimum atomic E-state index is 0.786. The van der Waals surface area contributed by atoms with Gasteiger partial charge in [0.25, 0.3) is 0 Å². The zero-order chi connectivity index (χ0) is 9.84. The third kappa shape index (κ3) is 2.48. The molecule has 1 rings (SSSR count). The number of anilines is 1. The van der Waals surface area contributed by atoms with Crippen molar-refractivity contribution < 1.29 is 0 Å². The molecule has 1 heteroatoms. The van der Waals surface area contributed by atoms with Gasteiger partial charge in [-0.05, 0) is 43.2 Å². The molecule has 0 bridgehead atoms. The Morgan fingerprint density at radius 2 is 2.08 bits per heavy atom. The second-order valence-electron chi connectivity index (χ2n) is 3.17. The highest BCUT2D eigenvalue weighted by Gasteiger charge is 1.96. The first-order valence-corrected chi connectivity index (χ1v) is 4.32. The van der Waals surface area contributed by atoms with Crippen molar-refractivity contribution in [2.75, 3.05) is 5.73 Å². The van der Waals surface area contributed by atoms with E-state index < -0.39 is 0 Å². The number of hydrogen-bond acceptors (Lipinski definition) is 1. The first-order valence-electron chi connectivity index (χ1n) is 4.32. The lowest BCUT2D eigenvalue weighted by Gasteiger charge is -2.03. The average Bonchev–Trinajstić information content (AvgIpc) is 2.03. The molecule has 0 aromatic heterocycles. The third-order valence-electron chi connectivity index (χ3n) is 1.83. The van der Waals surface area contributed by atoms with Crippen molar-refractivity contribution in [1.29, 1.82) is 0 Å². The fourth-order valence-corrected chi connectivity index (χ4v) is 1.21. The van der Waals surface area contributed by atoms with Gasteiger partial charge in [-0.15, -0.1) is 0 Å². The van der Waals surface area contributed by atoms with Crippen LogP contribution in [0.1, 0.15) is 25.0 Å². The fraction of sp³-hybridized carbons (Fsp3) is 0.167. The van der Waals surface area contributed by atoms with Gasteiger partial charge in [0.05, 0.1) is 0 Å². The molecule has 0 aliphatic heterocycles. The highest BCUT2D eigenvalue weighted by atomic mass is 14.5. The van der Waals surface area contributed by atoms with Gasteiger partial charge in [-0.2, -0.15) is 0 Å². The Kier molecular flexibility index (Phi) is 2.91. The molecule has 0 saturated carbocycles. The normalized spacial score (nSPS) is 10.6. The van der Waals surface area contributed by atoms with E-state index in [4.69, 9.17) is 5.73 Å². The minimum absolute atomic E-state index is 0.786. The van der Waals surface area contributed by atoms with Gasteiger partial charge in [-0.1, -0.05) is 24.3 Å². The van der Waals surface area contributed by atoms with Crippen molar-refractivity contribution in [3.8, 4) is 0 Å². The molecule has 1 aromatic rings. The number of benzene rings is 1. The lowest BCUT2D eigenvalue weighted by Crippen LogP contribution is -1.88. The van der Waals surface area contributed by atoms with Crippen LogP contribution in [-0.4, -0.2) is 0 Å². The number of nitrogen functional groups attached to an aromatic ring is 1. The van der Waals surface area contributed by atoms with Crippen LogP contribution in [0, 0.1) is 0 Å². The van der Waals surface area contributed by atoms with Crippen LogP contribution in [-0.2, 0) is 0 Å². The van der Waals surface area contributed by atoms with Crippen LogP contribution < -0.4 is 5.73 Å². The van der Waals surface area contributed by atoms with Crippen LogP contribution in [0.5, 0.6) is 0 Å². The summed E-state index contributed by atoms with van der Waals surface area (Å²) in [4.78, 5) is 0. The Labute approximate surface area is 79.6 Å². The topological polar surface area (TPSA) is 26.0 Å². The van der Waals surface area contributed by atoms with Crippen molar-refractivity contribution >= 4 is 17.3 Å². The highest BCUT2D eigenvalue weighted by molar-refractivity contribution is 5.69. The summed E-state index contributed by atoms with van der Waals surface area (Å²) < 4.78 is 0. The van der Waals surface area contributed by atoms with E-state index in [1.165, 1.54) is 0 Å². The zero-order valence-corrected chi connectivity index (χ0v) is 8.17. The van der Waals surface area contributed by atoms with Crippen LogP contribution in [0.4, 0.5) is 5.69 Å². The van der Waals surface area contributed by atoms with Gasteiger partial charge in [0.1, 0.15) is 0 Å². The van der Waals surface area contributed by atoms with Gasteiger partial charge in [0, 0.05) is 5.69 Å². The highest BCUT2D eigenvalue weighted by Crippen LogP contribution is 2.18. The monoisotopic (exact) mass is 173 g/mol. The number of rotatable bonds is 2. The molecule has 68 valence electrons. The quantitative estimate of drug-likeness (QED) is 0.682. The maximum Gasteiger partial charge on any atom is 0.0326 e. The van der Waals surface area contributed by atoms with Gasteiger partial charge in [0.15, 0.2) is 0 Å². The van der Waals surface area contributed by atoms with Crippen LogP contribution >= 0.6 is 0 Å². The lowest BCUT2D eigenvalue weighted by molar-refractivity contribution is 1.55. The third-order valence-corrected chi connectivity index (χ3v) is 1.83. The number of nitrogens with two attached hydrogens (primary N) is 1. The molecule has 0 fully saturated rings. The molecule has 0 radical (unpaired) electrons. The van der Waals surface area contributed by atoms with Crippen molar-refractivity contribution in [2.45, 2.75) is 13.8 Å². The van der Waals surface area contributed by atoms with E-state index in [0.29, 0.717) is 0 Å². The van der Waals surface area contributed by atoms with E-state index in [9.17, 15) is 0 Å². The van der Waals surface area contributed by atoms with Crippen LogP contribution in [0.2, 0.25) is 0 Å². The van der Waals surface area contributed by atoms with Crippen molar-refractivity contribution in [1.82, 2.24) is 0 Å². The molecule has 0 atom stereocenters. The van der Waals surface area contributed by atoms with Crippen molar-refractivity contribution in [2.24, 2.45) is 0 Å². The van der Waals surface area contributed by atoms with Gasteiger partial charge < -0.3 is 5.73 Å². The van der Waals surface area contributed by atoms with Crippen molar-refractivity contribution in [3.05, 3.63) is 42.0 Å². The van der Waals surface area contributed by atoms with E-state index >= 15 is 0 Å². The molecule has 13 heavy (non-hydrogen) atoms. The second kappa shape index (κ2) is 3.94. The molecule has 0 heterocycles. The number of allylic oxidation sites excluding steroid dienone is 2. The Morgan fingerprint density at radius 1 is 1.38 bits per heavy atom. The molecule has 0 unspecified atom stereocenters. The molecular formula is C12H15N. The molecule has 0 aliphatic rings. The Bertz CT molecular complexity index is 348. The molecule has 1 aromatic carbocycles. The summed E-state index contributed by atoms with van der Waals surface area (Å²) in [7, 11) is 0. The van der Waals surface area contributed by atoms with Gasteiger partial charge in [-0.25, -0.2) is 0 Å². The molecule has 1 nitrogen and oxygen atoms in total. The summed E-state index contributed by atoms with van der Waals surface area (Å²) in [6.45, 7) is 7.86. The maximum absolute atomic E-state index is 5.75. The first-order chi connectivity index (χ1) is 6.13. The summed E-state index contributed by atoms with van der Waals surface area (Å²) in [5.74, 6) is 0. The molecule has 0 saturated heterocycles. The standard InChI is InChI=1S/C12H15N/c1-4-5-10-6-11(9(2)3)8-12(13)7-10/h4-8H,2,13H2,1,3H3. The molecule has 0 amide bonds. The van der Waals surface area contributed by atoms with Crippen LogP contribution in [0.25, 0.3) is 11.6 Å². The van der Waals surface area contributed by atoms with E-state index in [1.54, 1.807) is 0 Å². The summed E-state index contributed by atoms with van der Waals surface area (Å²) in [6, 6.07) is 5.97. The first kappa shape index (κ1) is 9.59. The smallest absolute Gasteiger partial charge is 0.0326 e. The Balaban J connectivity index is 3.18. The molecule has 2 N–H and O–H groups in total. The van der Waals surface area contributed by atoms with Gasteiger partial charge >= 0.3 is 0 Å². The Hall–Kier alpha value is -1.50. The van der Waals surface area contributed by atoms with E-state index in [-0.39, 0.29) is 0 Å². The van der Waals surface area contributed by atoms with Gasteiger partial charge in [0.2, 0.25) is 0 Å². The van der Waals surface area contributed by atoms with Crippen LogP contribution in [0.15, 0.2) is 30.9 Å². The summed E-state index contributed by atoms with van der Waals surface area (Å²) in [5.41, 5.74) is 9.81. The lowest BCUT2D eigenvalue weighted by atomic mass is 10.0. The maximum atomic E-state index is 5.75. The van der Waals surface area contributed by atoms with E-state index in [2.05, 4.69) is 12.6 Å². The van der Waals surface area contributed by atoms with Crippen molar-refractivity contribution in [3.63, 3.8) is 0 Å². The summed E-state index contributed by atoms with van der Waals surface area (Å²) in [6.07, 6.45) is 4.03. The Morgan fingerprint density at radius 3 is 2.62 bits per heavy atom. The zero-order valence-electron chi connectivity index (χ0n) is 8.17. The minimum Gasteiger partial charge on any atom is -0.399 e. The predicted molar refractivity (Wildman–Crippen MR) is 60.3 cm³/mol. The van der Waals surface area contributed by atoms with Gasteiger partial charge in [-0.3, -0.25) is 0 Å².